The van der Waals surface area contributed by atoms with Crippen LogP contribution in [0.1, 0.15) is 0 Å². The summed E-state index contributed by atoms with van der Waals surface area (Å²) in [4.78, 5) is 0. The van der Waals surface area contributed by atoms with Gasteiger partial charge in [-0.15, -0.1) is 11.3 Å². The first kappa shape index (κ1) is 6.38. The van der Waals surface area contributed by atoms with Crippen molar-refractivity contribution in [2.24, 2.45) is 0 Å². The van der Waals surface area contributed by atoms with Gasteiger partial charge in [0.1, 0.15) is 0 Å². The van der Waals surface area contributed by atoms with Gasteiger partial charge in [0.05, 0.1) is 3.79 Å². The van der Waals surface area contributed by atoms with Crippen LogP contribution in [0.15, 0.2) is 33.4 Å². The summed E-state index contributed by atoms with van der Waals surface area (Å²) in [6.45, 7) is 0. The van der Waals surface area contributed by atoms with Gasteiger partial charge in [0.25, 0.3) is 0 Å². The molecule has 2 rings (SSSR count). The Morgan fingerprint density at radius 1 is 1.20 bits per heavy atom. The molecule has 1 heterocycles. The molecular formula is C8H5BrS. The van der Waals surface area contributed by atoms with E-state index < -0.39 is 0 Å². The fourth-order valence-corrected chi connectivity index (χ4v) is 2.35. The van der Waals surface area contributed by atoms with Crippen molar-refractivity contribution in [3.8, 4) is 0 Å². The average Bonchev–Trinajstić information content (AvgIpc) is 2.34. The van der Waals surface area contributed by atoms with Gasteiger partial charge in [-0.1, -0.05) is 24.3 Å². The molecule has 0 unspecified atom stereocenters. The molecule has 0 atom stereocenters. The highest BCUT2D eigenvalue weighted by atomic mass is 79.9. The van der Waals surface area contributed by atoms with Crippen molar-refractivity contribution in [1.82, 2.24) is 0 Å². The highest BCUT2D eigenvalue weighted by molar-refractivity contribution is 9.11. The third-order valence-corrected chi connectivity index (χ3v) is 3.25. The largest absolute Gasteiger partial charge is 0.136 e. The SMILES string of the molecule is Brc1scc2ccccc12. The fourth-order valence-electron chi connectivity index (χ4n) is 0.957. The minimum atomic E-state index is 1.23. The van der Waals surface area contributed by atoms with Crippen LogP contribution in [0.2, 0.25) is 0 Å². The van der Waals surface area contributed by atoms with Crippen molar-refractivity contribution in [1.29, 1.82) is 0 Å². The standard InChI is InChI=1S/C8H5BrS/c9-8-7-4-2-1-3-6(7)5-10-8/h1-5H. The molecule has 0 aliphatic carbocycles. The number of fused-ring (bicyclic) bond motifs is 1. The van der Waals surface area contributed by atoms with Crippen molar-refractivity contribution in [2.45, 2.75) is 0 Å². The fraction of sp³-hybridized carbons (Fsp3) is 0. The Balaban J connectivity index is 2.93. The molecule has 0 N–H and O–H groups in total. The number of halogens is 1. The molecule has 10 heavy (non-hydrogen) atoms. The topological polar surface area (TPSA) is 0 Å². The maximum Gasteiger partial charge on any atom is 0.0776 e. The Kier molecular flexibility index (Phi) is 1.51. The Morgan fingerprint density at radius 2 is 2.00 bits per heavy atom. The number of hydrogen-bond donors (Lipinski definition) is 0. The maximum atomic E-state index is 3.49. The second kappa shape index (κ2) is 2.36. The number of hydrogen-bond acceptors (Lipinski definition) is 1. The summed E-state index contributed by atoms with van der Waals surface area (Å²) < 4.78 is 1.23. The Morgan fingerprint density at radius 3 is 2.80 bits per heavy atom. The molecule has 1 aromatic heterocycles. The van der Waals surface area contributed by atoms with Crippen LogP contribution in [0.25, 0.3) is 10.8 Å². The molecule has 0 amide bonds. The Hall–Kier alpha value is -0.340. The van der Waals surface area contributed by atoms with Gasteiger partial charge in [-0.25, -0.2) is 0 Å². The molecule has 0 saturated heterocycles. The van der Waals surface area contributed by atoms with Gasteiger partial charge in [-0.05, 0) is 26.7 Å². The summed E-state index contributed by atoms with van der Waals surface area (Å²) in [5.74, 6) is 0. The second-order valence-electron chi connectivity index (χ2n) is 2.10. The van der Waals surface area contributed by atoms with Gasteiger partial charge in [-0.3, -0.25) is 0 Å². The van der Waals surface area contributed by atoms with Gasteiger partial charge < -0.3 is 0 Å². The molecule has 0 fully saturated rings. The number of thiophene rings is 1. The molecule has 2 aromatic rings. The zero-order valence-electron chi connectivity index (χ0n) is 5.17. The van der Waals surface area contributed by atoms with E-state index in [0.29, 0.717) is 0 Å². The third kappa shape index (κ3) is 0.879. The van der Waals surface area contributed by atoms with E-state index in [0.717, 1.165) is 0 Å². The molecule has 0 spiro atoms. The summed E-state index contributed by atoms with van der Waals surface area (Å²) in [6, 6.07) is 8.35. The van der Waals surface area contributed by atoms with Crippen LogP contribution in [-0.4, -0.2) is 0 Å². The van der Waals surface area contributed by atoms with E-state index in [9.17, 15) is 0 Å². The molecule has 0 nitrogen and oxygen atoms in total. The highest BCUT2D eigenvalue weighted by Gasteiger charge is 1.96. The van der Waals surface area contributed by atoms with Crippen LogP contribution in [0.3, 0.4) is 0 Å². The first-order valence-corrected chi connectivity index (χ1v) is 4.67. The molecule has 0 bridgehead atoms. The van der Waals surface area contributed by atoms with Crippen LogP contribution in [0.5, 0.6) is 0 Å². The van der Waals surface area contributed by atoms with Gasteiger partial charge in [-0.2, -0.15) is 0 Å². The summed E-state index contributed by atoms with van der Waals surface area (Å²) in [6.07, 6.45) is 0. The smallest absolute Gasteiger partial charge is 0.0776 e. The van der Waals surface area contributed by atoms with E-state index in [1.165, 1.54) is 14.6 Å². The molecular weight excluding hydrogens is 208 g/mol. The highest BCUT2D eigenvalue weighted by Crippen LogP contribution is 2.29. The number of rotatable bonds is 0. The average molecular weight is 213 g/mol. The van der Waals surface area contributed by atoms with E-state index in [2.05, 4.69) is 45.6 Å². The van der Waals surface area contributed by atoms with Gasteiger partial charge >= 0.3 is 0 Å². The van der Waals surface area contributed by atoms with Crippen molar-refractivity contribution in [3.63, 3.8) is 0 Å². The lowest BCUT2D eigenvalue weighted by atomic mass is 10.2. The normalized spacial score (nSPS) is 10.5. The molecule has 2 heteroatoms. The minimum absolute atomic E-state index is 1.23. The first-order chi connectivity index (χ1) is 4.88. The lowest BCUT2D eigenvalue weighted by Crippen LogP contribution is -1.60. The maximum absolute atomic E-state index is 3.49. The summed E-state index contributed by atoms with van der Waals surface area (Å²) in [7, 11) is 0. The summed E-state index contributed by atoms with van der Waals surface area (Å²) in [5, 5.41) is 4.78. The molecule has 0 saturated carbocycles. The van der Waals surface area contributed by atoms with Crippen molar-refractivity contribution in [2.75, 3.05) is 0 Å². The number of benzene rings is 1. The van der Waals surface area contributed by atoms with E-state index in [1.54, 1.807) is 11.3 Å². The van der Waals surface area contributed by atoms with Crippen molar-refractivity contribution in [3.05, 3.63) is 33.4 Å². The molecule has 1 aromatic carbocycles. The van der Waals surface area contributed by atoms with Gasteiger partial charge in [0, 0.05) is 5.39 Å². The molecule has 0 aliphatic heterocycles. The van der Waals surface area contributed by atoms with E-state index in [-0.39, 0.29) is 0 Å². The van der Waals surface area contributed by atoms with E-state index in [4.69, 9.17) is 0 Å². The quantitative estimate of drug-likeness (QED) is 0.626. The second-order valence-corrected chi connectivity index (χ2v) is 4.29. The minimum Gasteiger partial charge on any atom is -0.136 e. The molecule has 0 aliphatic rings. The Bertz CT molecular complexity index is 351. The van der Waals surface area contributed by atoms with Crippen molar-refractivity contribution >= 4 is 38.0 Å². The van der Waals surface area contributed by atoms with Gasteiger partial charge in [0.15, 0.2) is 0 Å². The van der Waals surface area contributed by atoms with Crippen LogP contribution in [0, 0.1) is 0 Å². The first-order valence-electron chi connectivity index (χ1n) is 2.99. The predicted molar refractivity (Wildman–Crippen MR) is 49.5 cm³/mol. The van der Waals surface area contributed by atoms with E-state index in [1.807, 2.05) is 0 Å². The van der Waals surface area contributed by atoms with Crippen molar-refractivity contribution < 1.29 is 0 Å². The predicted octanol–water partition coefficient (Wildman–Crippen LogP) is 3.66. The Labute approximate surface area is 71.6 Å². The lowest BCUT2D eigenvalue weighted by Gasteiger charge is -1.85. The third-order valence-electron chi connectivity index (χ3n) is 1.46. The lowest BCUT2D eigenvalue weighted by molar-refractivity contribution is 1.84. The molecule has 0 radical (unpaired) electrons. The monoisotopic (exact) mass is 212 g/mol. The summed E-state index contributed by atoms with van der Waals surface area (Å²) >= 11 is 5.22. The van der Waals surface area contributed by atoms with Crippen LogP contribution in [-0.2, 0) is 0 Å². The van der Waals surface area contributed by atoms with Gasteiger partial charge in [0.2, 0.25) is 0 Å². The zero-order chi connectivity index (χ0) is 6.97. The molecule has 50 valence electrons. The zero-order valence-corrected chi connectivity index (χ0v) is 7.58. The van der Waals surface area contributed by atoms with E-state index >= 15 is 0 Å². The van der Waals surface area contributed by atoms with Crippen LogP contribution < -0.4 is 0 Å². The summed E-state index contributed by atoms with van der Waals surface area (Å²) in [5.41, 5.74) is 0. The van der Waals surface area contributed by atoms with Crippen LogP contribution >= 0.6 is 27.3 Å². The van der Waals surface area contributed by atoms with Crippen LogP contribution in [0.4, 0.5) is 0 Å².